The Kier molecular flexibility index (Phi) is 3.34. The molecule has 3 aromatic rings. The van der Waals surface area contributed by atoms with E-state index in [1.54, 1.807) is 0 Å². The van der Waals surface area contributed by atoms with Crippen LogP contribution in [0.5, 0.6) is 0 Å². The Hall–Kier alpha value is -2.67. The van der Waals surface area contributed by atoms with Gasteiger partial charge in [0.25, 0.3) is 5.56 Å². The summed E-state index contributed by atoms with van der Waals surface area (Å²) in [5, 5.41) is 7.10. The Labute approximate surface area is 132 Å². The van der Waals surface area contributed by atoms with Crippen molar-refractivity contribution in [2.45, 2.75) is 19.1 Å². The molecular formula is C16H17N5O2. The van der Waals surface area contributed by atoms with Gasteiger partial charge in [-0.25, -0.2) is 0 Å². The van der Waals surface area contributed by atoms with E-state index in [1.165, 1.54) is 6.20 Å². The van der Waals surface area contributed by atoms with Gasteiger partial charge in [-0.15, -0.1) is 0 Å². The summed E-state index contributed by atoms with van der Waals surface area (Å²) in [6.07, 6.45) is 1.47. The third-order valence-corrected chi connectivity index (χ3v) is 4.04. The number of hydrogen-bond acceptors (Lipinski definition) is 5. The molecule has 1 aromatic carbocycles. The van der Waals surface area contributed by atoms with Gasteiger partial charge >= 0.3 is 0 Å². The number of aromatic nitrogens is 4. The number of H-pyrrole nitrogens is 2. The largest absolute Gasteiger partial charge is 0.367 e. The highest BCUT2D eigenvalue weighted by atomic mass is 16.5. The molecular weight excluding hydrogens is 294 g/mol. The monoisotopic (exact) mass is 311 g/mol. The zero-order valence-corrected chi connectivity index (χ0v) is 12.7. The van der Waals surface area contributed by atoms with Crippen molar-refractivity contribution < 1.29 is 4.74 Å². The van der Waals surface area contributed by atoms with E-state index in [0.29, 0.717) is 30.1 Å². The number of benzene rings is 1. The molecule has 4 rings (SSSR count). The summed E-state index contributed by atoms with van der Waals surface area (Å²) >= 11 is 0. The third-order valence-electron chi connectivity index (χ3n) is 4.04. The van der Waals surface area contributed by atoms with Crippen LogP contribution in [0.4, 0.5) is 5.95 Å². The molecule has 1 saturated heterocycles. The maximum absolute atomic E-state index is 12.1. The molecule has 0 bridgehead atoms. The molecule has 0 saturated carbocycles. The molecule has 0 aliphatic carbocycles. The van der Waals surface area contributed by atoms with E-state index < -0.39 is 0 Å². The van der Waals surface area contributed by atoms with Crippen molar-refractivity contribution in [1.82, 2.24) is 20.2 Å². The van der Waals surface area contributed by atoms with Crippen LogP contribution in [0, 0.1) is 0 Å². The summed E-state index contributed by atoms with van der Waals surface area (Å²) < 4.78 is 6.05. The molecule has 118 valence electrons. The lowest BCUT2D eigenvalue weighted by Gasteiger charge is -2.37. The van der Waals surface area contributed by atoms with E-state index in [9.17, 15) is 4.79 Å². The first-order chi connectivity index (χ1) is 11.2. The molecule has 3 heterocycles. The molecule has 7 nitrogen and oxygen atoms in total. The highest BCUT2D eigenvalue weighted by Crippen LogP contribution is 2.27. The van der Waals surface area contributed by atoms with Gasteiger partial charge in [0.15, 0.2) is 5.65 Å². The Morgan fingerprint density at radius 2 is 2.09 bits per heavy atom. The summed E-state index contributed by atoms with van der Waals surface area (Å²) in [4.78, 5) is 21.5. The number of fused-ring (bicyclic) bond motifs is 1. The van der Waals surface area contributed by atoms with Crippen molar-refractivity contribution in [3.05, 3.63) is 52.4 Å². The molecule has 1 aliphatic rings. The van der Waals surface area contributed by atoms with Crippen molar-refractivity contribution in [3.8, 4) is 0 Å². The first kappa shape index (κ1) is 14.0. The molecule has 0 radical (unpaired) electrons. The normalized spacial score (nSPS) is 21.7. The zero-order chi connectivity index (χ0) is 15.8. The van der Waals surface area contributed by atoms with E-state index in [0.717, 1.165) is 5.56 Å². The molecule has 0 spiro atoms. The summed E-state index contributed by atoms with van der Waals surface area (Å²) in [5.41, 5.74) is 1.43. The number of anilines is 1. The van der Waals surface area contributed by atoms with Crippen molar-refractivity contribution in [3.63, 3.8) is 0 Å². The predicted molar refractivity (Wildman–Crippen MR) is 86.5 cm³/mol. The van der Waals surface area contributed by atoms with Crippen molar-refractivity contribution in [2.24, 2.45) is 0 Å². The van der Waals surface area contributed by atoms with Gasteiger partial charge in [-0.3, -0.25) is 14.9 Å². The van der Waals surface area contributed by atoms with Gasteiger partial charge in [0.2, 0.25) is 5.95 Å². The van der Waals surface area contributed by atoms with Crippen LogP contribution in [0.1, 0.15) is 18.6 Å². The second-order valence-corrected chi connectivity index (χ2v) is 5.77. The van der Waals surface area contributed by atoms with E-state index in [-0.39, 0.29) is 17.8 Å². The lowest BCUT2D eigenvalue weighted by atomic mass is 10.1. The van der Waals surface area contributed by atoms with Crippen molar-refractivity contribution in [2.75, 3.05) is 18.0 Å². The minimum atomic E-state index is -0.186. The van der Waals surface area contributed by atoms with Crippen LogP contribution >= 0.6 is 0 Å². The van der Waals surface area contributed by atoms with Gasteiger partial charge in [0.1, 0.15) is 11.5 Å². The number of hydrogen-bond donors (Lipinski definition) is 2. The second kappa shape index (κ2) is 5.51. The van der Waals surface area contributed by atoms with Gasteiger partial charge in [-0.1, -0.05) is 30.3 Å². The highest BCUT2D eigenvalue weighted by Gasteiger charge is 2.28. The Bertz CT molecular complexity index is 873. The molecule has 7 heteroatoms. The molecule has 1 aliphatic heterocycles. The SMILES string of the molecule is CC1CN(c2nc3[nH]ncc3c(=O)[nH]2)CC(c2ccccc2)O1. The van der Waals surface area contributed by atoms with Crippen LogP contribution < -0.4 is 10.5 Å². The Morgan fingerprint density at radius 1 is 1.26 bits per heavy atom. The molecule has 2 unspecified atom stereocenters. The average Bonchev–Trinajstić information content (AvgIpc) is 3.04. The van der Waals surface area contributed by atoms with E-state index in [2.05, 4.69) is 32.3 Å². The minimum absolute atomic E-state index is 0.0386. The topological polar surface area (TPSA) is 86.9 Å². The summed E-state index contributed by atoms with van der Waals surface area (Å²) in [6.45, 7) is 3.33. The molecule has 23 heavy (non-hydrogen) atoms. The fourth-order valence-electron chi connectivity index (χ4n) is 2.96. The van der Waals surface area contributed by atoms with Crippen LogP contribution in [0.2, 0.25) is 0 Å². The lowest BCUT2D eigenvalue weighted by molar-refractivity contribution is -0.0178. The number of nitrogens with zero attached hydrogens (tertiary/aromatic N) is 3. The van der Waals surface area contributed by atoms with Crippen LogP contribution in [-0.2, 0) is 4.74 Å². The lowest BCUT2D eigenvalue weighted by Crippen LogP contribution is -2.44. The van der Waals surface area contributed by atoms with Gasteiger partial charge in [-0.05, 0) is 12.5 Å². The van der Waals surface area contributed by atoms with Crippen molar-refractivity contribution >= 4 is 17.0 Å². The fraction of sp³-hybridized carbons (Fsp3) is 0.312. The number of aromatic amines is 2. The zero-order valence-electron chi connectivity index (χ0n) is 12.7. The Balaban J connectivity index is 1.68. The maximum atomic E-state index is 12.1. The summed E-state index contributed by atoms with van der Waals surface area (Å²) in [6, 6.07) is 10.1. The number of morpholine rings is 1. The van der Waals surface area contributed by atoms with Gasteiger partial charge in [0, 0.05) is 6.54 Å². The fourth-order valence-corrected chi connectivity index (χ4v) is 2.96. The first-order valence-corrected chi connectivity index (χ1v) is 7.59. The highest BCUT2D eigenvalue weighted by molar-refractivity contribution is 5.73. The van der Waals surface area contributed by atoms with Gasteiger partial charge in [0.05, 0.1) is 18.8 Å². The third kappa shape index (κ3) is 2.59. The van der Waals surface area contributed by atoms with Crippen LogP contribution in [0.15, 0.2) is 41.3 Å². The van der Waals surface area contributed by atoms with E-state index in [4.69, 9.17) is 4.74 Å². The maximum Gasteiger partial charge on any atom is 0.263 e. The van der Waals surface area contributed by atoms with Crippen LogP contribution in [0.3, 0.4) is 0 Å². The predicted octanol–water partition coefficient (Wildman–Crippen LogP) is 1.61. The van der Waals surface area contributed by atoms with E-state index in [1.807, 2.05) is 30.0 Å². The summed E-state index contributed by atoms with van der Waals surface area (Å²) in [7, 11) is 0. The number of rotatable bonds is 2. The molecule has 1 fully saturated rings. The molecule has 2 aromatic heterocycles. The quantitative estimate of drug-likeness (QED) is 0.751. The van der Waals surface area contributed by atoms with Crippen LogP contribution in [0.25, 0.3) is 11.0 Å². The Morgan fingerprint density at radius 3 is 2.91 bits per heavy atom. The molecule has 0 amide bonds. The summed E-state index contributed by atoms with van der Waals surface area (Å²) in [5.74, 6) is 0.544. The van der Waals surface area contributed by atoms with Crippen molar-refractivity contribution in [1.29, 1.82) is 0 Å². The smallest absolute Gasteiger partial charge is 0.263 e. The minimum Gasteiger partial charge on any atom is -0.367 e. The number of ether oxygens (including phenoxy) is 1. The molecule has 2 atom stereocenters. The van der Waals surface area contributed by atoms with Crippen LogP contribution in [-0.4, -0.2) is 39.4 Å². The molecule has 2 N–H and O–H groups in total. The second-order valence-electron chi connectivity index (χ2n) is 5.77. The van der Waals surface area contributed by atoms with E-state index >= 15 is 0 Å². The van der Waals surface area contributed by atoms with Gasteiger partial charge < -0.3 is 9.64 Å². The van der Waals surface area contributed by atoms with Gasteiger partial charge in [-0.2, -0.15) is 10.1 Å². The number of nitrogens with one attached hydrogen (secondary N) is 2. The first-order valence-electron chi connectivity index (χ1n) is 7.59. The average molecular weight is 311 g/mol. The standard InChI is InChI=1S/C16H17N5O2/c1-10-8-21(9-13(23-10)11-5-3-2-4-6-11)16-18-14-12(7-17-20-14)15(22)19-16/h2-7,10,13H,8-9H2,1H3,(H2,17,18,19,20,22).